The molecule has 3 aromatic rings. The van der Waals surface area contributed by atoms with Crippen LogP contribution in [0, 0.1) is 0 Å². The van der Waals surface area contributed by atoms with E-state index in [0.717, 1.165) is 29.4 Å². The van der Waals surface area contributed by atoms with Crippen molar-refractivity contribution in [1.29, 1.82) is 0 Å². The third-order valence-electron chi connectivity index (χ3n) is 4.92. The molecule has 1 atom stereocenters. The number of hydrogen-bond donors (Lipinski definition) is 1. The molecule has 1 saturated heterocycles. The van der Waals surface area contributed by atoms with Crippen molar-refractivity contribution in [2.75, 3.05) is 19.6 Å². The van der Waals surface area contributed by atoms with Gasteiger partial charge in [0.2, 0.25) is 5.91 Å². The summed E-state index contributed by atoms with van der Waals surface area (Å²) in [5, 5.41) is 10.2. The van der Waals surface area contributed by atoms with Gasteiger partial charge in [-0.1, -0.05) is 30.3 Å². The van der Waals surface area contributed by atoms with Crippen LogP contribution in [0.25, 0.3) is 10.6 Å². The lowest BCUT2D eigenvalue weighted by Crippen LogP contribution is -2.37. The van der Waals surface area contributed by atoms with Gasteiger partial charge >= 0.3 is 0 Å². The maximum Gasteiger partial charge on any atom is 0.226 e. The van der Waals surface area contributed by atoms with Crippen LogP contribution in [0.5, 0.6) is 0 Å². The molecule has 3 heterocycles. The van der Waals surface area contributed by atoms with E-state index in [1.54, 1.807) is 22.7 Å². The second-order valence-electron chi connectivity index (χ2n) is 6.81. The monoisotopic (exact) mass is 397 g/mol. The first kappa shape index (κ1) is 18.3. The smallest absolute Gasteiger partial charge is 0.226 e. The van der Waals surface area contributed by atoms with E-state index in [0.29, 0.717) is 13.0 Å². The van der Waals surface area contributed by atoms with E-state index < -0.39 is 0 Å². The molecule has 0 unspecified atom stereocenters. The summed E-state index contributed by atoms with van der Waals surface area (Å²) in [7, 11) is 0. The summed E-state index contributed by atoms with van der Waals surface area (Å²) in [5.41, 5.74) is 3.25. The molecule has 27 heavy (non-hydrogen) atoms. The van der Waals surface area contributed by atoms with Crippen LogP contribution in [0.3, 0.4) is 0 Å². The largest absolute Gasteiger partial charge is 0.354 e. The Morgan fingerprint density at radius 3 is 2.70 bits per heavy atom. The molecule has 2 aromatic heterocycles. The zero-order valence-corrected chi connectivity index (χ0v) is 16.8. The molecule has 4 rings (SSSR count). The number of carbonyl (C=O) groups excluding carboxylic acids is 1. The molecule has 0 bridgehead atoms. The molecular weight excluding hydrogens is 374 g/mol. The number of thiazole rings is 1. The highest BCUT2D eigenvalue weighted by Gasteiger charge is 2.23. The zero-order chi connectivity index (χ0) is 18.5. The van der Waals surface area contributed by atoms with Gasteiger partial charge in [-0.15, -0.1) is 11.3 Å². The molecule has 0 aliphatic carbocycles. The number of rotatable bonds is 7. The molecule has 1 N–H and O–H groups in total. The highest BCUT2D eigenvalue weighted by Crippen LogP contribution is 2.26. The van der Waals surface area contributed by atoms with Crippen molar-refractivity contribution in [1.82, 2.24) is 15.2 Å². The molecule has 0 spiro atoms. The van der Waals surface area contributed by atoms with Gasteiger partial charge in [-0.2, -0.15) is 11.3 Å². The van der Waals surface area contributed by atoms with E-state index in [2.05, 4.69) is 50.9 Å². The van der Waals surface area contributed by atoms with Crippen molar-refractivity contribution in [2.45, 2.75) is 25.3 Å². The number of hydrogen-bond acceptors (Lipinski definition) is 5. The van der Waals surface area contributed by atoms with Crippen molar-refractivity contribution >= 4 is 28.6 Å². The second kappa shape index (κ2) is 8.78. The van der Waals surface area contributed by atoms with E-state index in [1.165, 1.54) is 18.4 Å². The average Bonchev–Trinajstić information content (AvgIpc) is 3.45. The minimum absolute atomic E-state index is 0.0392. The standard InChI is InChI=1S/C21H23N3OS2/c25-20(12-18-15-27-21(23-18)17-8-11-26-14-17)22-13-19(24-9-4-5-10-24)16-6-2-1-3-7-16/h1-3,6-8,11,14-15,19H,4-5,9-10,12-13H2,(H,22,25)/t19-/m0/s1. The highest BCUT2D eigenvalue weighted by atomic mass is 32.1. The van der Waals surface area contributed by atoms with Crippen LogP contribution in [0.2, 0.25) is 0 Å². The van der Waals surface area contributed by atoms with Crippen LogP contribution in [0.1, 0.15) is 30.1 Å². The van der Waals surface area contributed by atoms with Crippen molar-refractivity contribution in [3.05, 3.63) is 63.8 Å². The lowest BCUT2D eigenvalue weighted by molar-refractivity contribution is -0.120. The van der Waals surface area contributed by atoms with E-state index in [-0.39, 0.29) is 11.9 Å². The van der Waals surface area contributed by atoms with Crippen LogP contribution in [0.15, 0.2) is 52.5 Å². The van der Waals surface area contributed by atoms with Gasteiger partial charge < -0.3 is 5.32 Å². The predicted molar refractivity (Wildman–Crippen MR) is 112 cm³/mol. The first-order valence-electron chi connectivity index (χ1n) is 9.32. The van der Waals surface area contributed by atoms with Gasteiger partial charge in [0.1, 0.15) is 5.01 Å². The Kier molecular flexibility index (Phi) is 5.97. The van der Waals surface area contributed by atoms with E-state index in [1.807, 2.05) is 16.8 Å². The number of likely N-dealkylation sites (tertiary alicyclic amines) is 1. The molecule has 1 aromatic carbocycles. The van der Waals surface area contributed by atoms with Gasteiger partial charge in [0, 0.05) is 22.9 Å². The summed E-state index contributed by atoms with van der Waals surface area (Å²) >= 11 is 3.26. The van der Waals surface area contributed by atoms with Gasteiger partial charge in [-0.3, -0.25) is 9.69 Å². The number of thiophene rings is 1. The van der Waals surface area contributed by atoms with Crippen molar-refractivity contribution < 1.29 is 4.79 Å². The first-order chi connectivity index (χ1) is 13.3. The minimum atomic E-state index is 0.0392. The Balaban J connectivity index is 1.37. The SMILES string of the molecule is O=C(Cc1csc(-c2ccsc2)n1)NC[C@@H](c1ccccc1)N1CCCC1. The number of nitrogens with one attached hydrogen (secondary N) is 1. The maximum atomic E-state index is 12.5. The summed E-state index contributed by atoms with van der Waals surface area (Å²) in [5.74, 6) is 0.0392. The summed E-state index contributed by atoms with van der Waals surface area (Å²) in [6, 6.07) is 12.8. The molecule has 6 heteroatoms. The van der Waals surface area contributed by atoms with E-state index in [4.69, 9.17) is 0 Å². The quantitative estimate of drug-likeness (QED) is 0.644. The predicted octanol–water partition coefficient (Wildman–Crippen LogP) is 4.37. The Morgan fingerprint density at radius 2 is 1.96 bits per heavy atom. The van der Waals surface area contributed by atoms with Crippen LogP contribution in [0.4, 0.5) is 0 Å². The molecule has 0 radical (unpaired) electrons. The molecule has 1 aliphatic heterocycles. The fourth-order valence-corrected chi connectivity index (χ4v) is 5.06. The van der Waals surface area contributed by atoms with Gasteiger partial charge in [0.25, 0.3) is 0 Å². The fraction of sp³-hybridized carbons (Fsp3) is 0.333. The van der Waals surface area contributed by atoms with Crippen molar-refractivity contribution in [3.8, 4) is 10.6 Å². The Morgan fingerprint density at radius 1 is 1.15 bits per heavy atom. The van der Waals surface area contributed by atoms with Crippen LogP contribution < -0.4 is 5.32 Å². The fourth-order valence-electron chi connectivity index (χ4n) is 3.53. The van der Waals surface area contributed by atoms with E-state index in [9.17, 15) is 4.79 Å². The highest BCUT2D eigenvalue weighted by molar-refractivity contribution is 7.14. The summed E-state index contributed by atoms with van der Waals surface area (Å²) in [6.45, 7) is 2.85. The Labute approximate surface area is 167 Å². The molecular formula is C21H23N3OS2. The Hall–Kier alpha value is -2.02. The van der Waals surface area contributed by atoms with Crippen molar-refractivity contribution in [3.63, 3.8) is 0 Å². The molecule has 4 nitrogen and oxygen atoms in total. The van der Waals surface area contributed by atoms with Gasteiger partial charge in [0.15, 0.2) is 0 Å². The zero-order valence-electron chi connectivity index (χ0n) is 15.1. The van der Waals surface area contributed by atoms with Crippen LogP contribution >= 0.6 is 22.7 Å². The molecule has 1 amide bonds. The van der Waals surface area contributed by atoms with Crippen molar-refractivity contribution in [2.24, 2.45) is 0 Å². The minimum Gasteiger partial charge on any atom is -0.354 e. The van der Waals surface area contributed by atoms with Gasteiger partial charge in [0.05, 0.1) is 18.2 Å². The summed E-state index contributed by atoms with van der Waals surface area (Å²) < 4.78 is 0. The second-order valence-corrected chi connectivity index (χ2v) is 8.44. The molecule has 1 fully saturated rings. The maximum absolute atomic E-state index is 12.5. The van der Waals surface area contributed by atoms with Crippen LogP contribution in [-0.2, 0) is 11.2 Å². The average molecular weight is 398 g/mol. The lowest BCUT2D eigenvalue weighted by Gasteiger charge is -2.28. The number of nitrogens with zero attached hydrogens (tertiary/aromatic N) is 2. The normalized spacial score (nSPS) is 15.7. The van der Waals surface area contributed by atoms with Gasteiger partial charge in [-0.25, -0.2) is 4.98 Å². The summed E-state index contributed by atoms with van der Waals surface area (Å²) in [6.07, 6.45) is 2.81. The van der Waals surface area contributed by atoms with Crippen LogP contribution in [-0.4, -0.2) is 35.4 Å². The molecule has 0 saturated carbocycles. The number of amides is 1. The summed E-state index contributed by atoms with van der Waals surface area (Å²) in [4.78, 5) is 19.6. The lowest BCUT2D eigenvalue weighted by atomic mass is 10.1. The third-order valence-corrected chi connectivity index (χ3v) is 6.54. The van der Waals surface area contributed by atoms with Gasteiger partial charge in [-0.05, 0) is 42.9 Å². The topological polar surface area (TPSA) is 45.2 Å². The number of carbonyl (C=O) groups is 1. The first-order valence-corrected chi connectivity index (χ1v) is 11.1. The third kappa shape index (κ3) is 4.64. The molecule has 1 aliphatic rings. The Bertz CT molecular complexity index is 855. The number of benzene rings is 1. The van der Waals surface area contributed by atoms with E-state index >= 15 is 0 Å². The molecule has 140 valence electrons. The number of aromatic nitrogens is 1.